The molecule has 0 aliphatic rings. The summed E-state index contributed by atoms with van der Waals surface area (Å²) < 4.78 is 0. The number of nitrogens with zero attached hydrogens (tertiary/aromatic N) is 1. The first-order valence-corrected chi connectivity index (χ1v) is 3.90. The molecule has 0 radical (unpaired) electrons. The van der Waals surface area contributed by atoms with Crippen molar-refractivity contribution in [1.29, 1.82) is 5.26 Å². The van der Waals surface area contributed by atoms with Crippen molar-refractivity contribution < 1.29 is 4.79 Å². The lowest BCUT2D eigenvalue weighted by Crippen LogP contribution is -2.08. The second kappa shape index (κ2) is 4.80. The van der Waals surface area contributed by atoms with Crippen molar-refractivity contribution in [3.63, 3.8) is 0 Å². The molecule has 60 valence electrons. The SMILES string of the molecule is CN/C(C)=C(/SC#N)C(C)=O. The Hall–Kier alpha value is -0.950. The van der Waals surface area contributed by atoms with Gasteiger partial charge in [0.1, 0.15) is 5.40 Å². The van der Waals surface area contributed by atoms with E-state index in [1.165, 1.54) is 6.92 Å². The summed E-state index contributed by atoms with van der Waals surface area (Å²) >= 11 is 0.890. The van der Waals surface area contributed by atoms with Crippen LogP contribution in [-0.2, 0) is 4.79 Å². The van der Waals surface area contributed by atoms with Crippen molar-refractivity contribution in [2.45, 2.75) is 13.8 Å². The number of Topliss-reactive ketones (excluding diaryl/α,β-unsaturated/α-hetero) is 1. The largest absolute Gasteiger partial charge is 0.391 e. The highest BCUT2D eigenvalue weighted by molar-refractivity contribution is 8.08. The van der Waals surface area contributed by atoms with Gasteiger partial charge in [-0.25, -0.2) is 0 Å². The summed E-state index contributed by atoms with van der Waals surface area (Å²) in [7, 11) is 1.72. The molecular formula is C7H10N2OS. The maximum Gasteiger partial charge on any atom is 0.168 e. The first-order valence-electron chi connectivity index (χ1n) is 3.09. The predicted molar refractivity (Wildman–Crippen MR) is 45.6 cm³/mol. The van der Waals surface area contributed by atoms with Crippen LogP contribution in [0.4, 0.5) is 0 Å². The Morgan fingerprint density at radius 1 is 1.55 bits per heavy atom. The summed E-state index contributed by atoms with van der Waals surface area (Å²) in [6.07, 6.45) is 0. The van der Waals surface area contributed by atoms with Crippen LogP contribution in [-0.4, -0.2) is 12.8 Å². The minimum Gasteiger partial charge on any atom is -0.391 e. The van der Waals surface area contributed by atoms with Crippen molar-refractivity contribution in [3.8, 4) is 5.40 Å². The monoisotopic (exact) mass is 170 g/mol. The molecule has 0 saturated carbocycles. The average molecular weight is 170 g/mol. The second-order valence-corrected chi connectivity index (χ2v) is 2.75. The number of ketones is 1. The minimum atomic E-state index is -0.0802. The third-order valence-electron chi connectivity index (χ3n) is 1.18. The Labute approximate surface area is 70.5 Å². The number of nitriles is 1. The van der Waals surface area contributed by atoms with E-state index in [0.717, 1.165) is 17.5 Å². The fourth-order valence-corrected chi connectivity index (χ4v) is 1.06. The van der Waals surface area contributed by atoms with Gasteiger partial charge in [-0.1, -0.05) is 0 Å². The van der Waals surface area contributed by atoms with Gasteiger partial charge in [-0.3, -0.25) is 4.79 Å². The topological polar surface area (TPSA) is 52.9 Å². The molecule has 11 heavy (non-hydrogen) atoms. The maximum atomic E-state index is 10.9. The number of rotatable bonds is 3. The fraction of sp³-hybridized carbons (Fsp3) is 0.429. The van der Waals surface area contributed by atoms with Crippen LogP contribution < -0.4 is 5.32 Å². The molecular weight excluding hydrogens is 160 g/mol. The molecule has 0 unspecified atom stereocenters. The molecule has 0 spiro atoms. The van der Waals surface area contributed by atoms with Crippen LogP contribution in [0.25, 0.3) is 0 Å². The van der Waals surface area contributed by atoms with E-state index in [2.05, 4.69) is 5.32 Å². The van der Waals surface area contributed by atoms with Crippen LogP contribution in [0.2, 0.25) is 0 Å². The normalized spacial score (nSPS) is 11.5. The highest BCUT2D eigenvalue weighted by Gasteiger charge is 2.07. The van der Waals surface area contributed by atoms with E-state index in [-0.39, 0.29) is 5.78 Å². The van der Waals surface area contributed by atoms with E-state index < -0.39 is 0 Å². The van der Waals surface area contributed by atoms with Crippen LogP contribution in [0.3, 0.4) is 0 Å². The highest BCUT2D eigenvalue weighted by Crippen LogP contribution is 2.17. The van der Waals surface area contributed by atoms with Crippen LogP contribution >= 0.6 is 11.8 Å². The summed E-state index contributed by atoms with van der Waals surface area (Å²) in [6, 6.07) is 0. The molecule has 0 aromatic heterocycles. The molecule has 1 N–H and O–H groups in total. The number of nitrogens with one attached hydrogen (secondary N) is 1. The number of thiocyanates is 1. The summed E-state index contributed by atoms with van der Waals surface area (Å²) in [5, 5.41) is 13.0. The smallest absolute Gasteiger partial charge is 0.168 e. The van der Waals surface area contributed by atoms with Gasteiger partial charge in [0.25, 0.3) is 0 Å². The maximum absolute atomic E-state index is 10.9. The lowest BCUT2D eigenvalue weighted by Gasteiger charge is -2.02. The van der Waals surface area contributed by atoms with Gasteiger partial charge in [-0.2, -0.15) is 5.26 Å². The lowest BCUT2D eigenvalue weighted by molar-refractivity contribution is -0.113. The molecule has 0 saturated heterocycles. The van der Waals surface area contributed by atoms with Gasteiger partial charge in [-0.05, 0) is 25.6 Å². The lowest BCUT2D eigenvalue weighted by atomic mass is 10.3. The Kier molecular flexibility index (Phi) is 4.39. The van der Waals surface area contributed by atoms with E-state index in [1.807, 2.05) is 5.40 Å². The summed E-state index contributed by atoms with van der Waals surface area (Å²) in [6.45, 7) is 3.21. The van der Waals surface area contributed by atoms with E-state index >= 15 is 0 Å². The third kappa shape index (κ3) is 3.10. The Bertz CT molecular complexity index is 227. The Morgan fingerprint density at radius 3 is 2.36 bits per heavy atom. The average Bonchev–Trinajstić information content (AvgIpc) is 1.98. The fourth-order valence-electron chi connectivity index (χ4n) is 0.572. The van der Waals surface area contributed by atoms with Gasteiger partial charge in [0.2, 0.25) is 0 Å². The van der Waals surface area contributed by atoms with Crippen LogP contribution in [0.5, 0.6) is 0 Å². The number of hydrogen-bond donors (Lipinski definition) is 1. The van der Waals surface area contributed by atoms with Gasteiger partial charge in [0.05, 0.1) is 4.91 Å². The standard InChI is InChI=1S/C7H10N2OS/c1-5(9-3)7(6(2)10)11-4-8/h9H,1-3H3/b7-5+. The summed E-state index contributed by atoms with van der Waals surface area (Å²) in [5.74, 6) is -0.0802. The van der Waals surface area contributed by atoms with Crippen molar-refractivity contribution in [2.24, 2.45) is 0 Å². The molecule has 4 heteroatoms. The molecule has 0 atom stereocenters. The Morgan fingerprint density at radius 2 is 2.09 bits per heavy atom. The predicted octanol–water partition coefficient (Wildman–Crippen LogP) is 1.24. The van der Waals surface area contributed by atoms with E-state index in [4.69, 9.17) is 5.26 Å². The number of carbonyl (C=O) groups is 1. The van der Waals surface area contributed by atoms with Crippen molar-refractivity contribution in [1.82, 2.24) is 5.32 Å². The third-order valence-corrected chi connectivity index (χ3v) is 2.07. The van der Waals surface area contributed by atoms with Gasteiger partial charge >= 0.3 is 0 Å². The van der Waals surface area contributed by atoms with Crippen molar-refractivity contribution in [2.75, 3.05) is 7.05 Å². The molecule has 0 amide bonds. The second-order valence-electron chi connectivity index (χ2n) is 1.95. The zero-order valence-corrected chi connectivity index (χ0v) is 7.58. The van der Waals surface area contributed by atoms with Crippen LogP contribution in [0.15, 0.2) is 10.6 Å². The van der Waals surface area contributed by atoms with Crippen molar-refractivity contribution in [3.05, 3.63) is 10.6 Å². The molecule has 0 aromatic rings. The molecule has 0 fully saturated rings. The summed E-state index contributed by atoms with van der Waals surface area (Å²) in [4.78, 5) is 11.3. The van der Waals surface area contributed by atoms with Gasteiger partial charge in [0, 0.05) is 12.7 Å². The number of hydrogen-bond acceptors (Lipinski definition) is 4. The quantitative estimate of drug-likeness (QED) is 0.511. The van der Waals surface area contributed by atoms with Crippen molar-refractivity contribution >= 4 is 17.5 Å². The molecule has 0 aromatic carbocycles. The van der Waals surface area contributed by atoms with Crippen LogP contribution in [0.1, 0.15) is 13.8 Å². The van der Waals surface area contributed by atoms with Gasteiger partial charge < -0.3 is 5.32 Å². The molecule has 3 nitrogen and oxygen atoms in total. The molecule has 0 aliphatic heterocycles. The van der Waals surface area contributed by atoms with E-state index in [1.54, 1.807) is 14.0 Å². The van der Waals surface area contributed by atoms with E-state index in [9.17, 15) is 4.79 Å². The van der Waals surface area contributed by atoms with E-state index in [0.29, 0.717) is 4.91 Å². The highest BCUT2D eigenvalue weighted by atomic mass is 32.2. The summed E-state index contributed by atoms with van der Waals surface area (Å²) in [5.41, 5.74) is 0.740. The van der Waals surface area contributed by atoms with Gasteiger partial charge in [-0.15, -0.1) is 0 Å². The number of thioether (sulfide) groups is 1. The molecule has 0 aliphatic carbocycles. The zero-order valence-electron chi connectivity index (χ0n) is 6.76. The molecule has 0 heterocycles. The number of carbonyl (C=O) groups excluding carboxylic acids is 1. The molecule has 0 bridgehead atoms. The number of allylic oxidation sites excluding steroid dienone is 2. The van der Waals surface area contributed by atoms with Gasteiger partial charge in [0.15, 0.2) is 5.78 Å². The van der Waals surface area contributed by atoms with Crippen LogP contribution in [0, 0.1) is 10.7 Å². The Balaban J connectivity index is 4.60. The zero-order chi connectivity index (χ0) is 8.85. The minimum absolute atomic E-state index is 0.0802. The molecule has 0 rings (SSSR count). The first kappa shape index (κ1) is 10.0. The first-order chi connectivity index (χ1) is 5.13.